The van der Waals surface area contributed by atoms with E-state index in [0.717, 1.165) is 17.7 Å². The molecule has 1 N–H and O–H groups in total. The van der Waals surface area contributed by atoms with Gasteiger partial charge in [-0.05, 0) is 38.3 Å². The molecule has 0 saturated carbocycles. The van der Waals surface area contributed by atoms with Gasteiger partial charge < -0.3 is 10.0 Å². The fourth-order valence-electron chi connectivity index (χ4n) is 2.52. The summed E-state index contributed by atoms with van der Waals surface area (Å²) < 4.78 is 0. The van der Waals surface area contributed by atoms with Gasteiger partial charge in [-0.1, -0.05) is 23.7 Å². The smallest absolute Gasteiger partial charge is 0.329 e. The molecule has 0 radical (unpaired) electrons. The first kappa shape index (κ1) is 16.2. The van der Waals surface area contributed by atoms with Crippen LogP contribution in [0, 0.1) is 0 Å². The number of hydrogen-bond acceptors (Lipinski definition) is 3. The maximum Gasteiger partial charge on any atom is 0.329 e. The molecule has 1 unspecified atom stereocenters. The molecule has 1 atom stereocenters. The van der Waals surface area contributed by atoms with Crippen molar-refractivity contribution < 1.29 is 14.7 Å². The van der Waals surface area contributed by atoms with Gasteiger partial charge in [0.25, 0.3) is 0 Å². The minimum Gasteiger partial charge on any atom is -0.480 e. The van der Waals surface area contributed by atoms with Crippen molar-refractivity contribution in [3.63, 3.8) is 0 Å². The first-order valence-electron chi connectivity index (χ1n) is 6.86. The van der Waals surface area contributed by atoms with Gasteiger partial charge in [0.15, 0.2) is 0 Å². The number of likely N-dealkylation sites (tertiary alicyclic amines) is 1. The predicted molar refractivity (Wildman–Crippen MR) is 83.8 cm³/mol. The average molecular weight is 328 g/mol. The number of hydrogen-bond donors (Lipinski definition) is 1. The van der Waals surface area contributed by atoms with Crippen molar-refractivity contribution >= 4 is 35.2 Å². The Labute approximate surface area is 133 Å². The lowest BCUT2D eigenvalue weighted by Gasteiger charge is -2.41. The molecule has 1 fully saturated rings. The number of carboxylic acid groups (broad SMARTS) is 1. The third-order valence-electron chi connectivity index (χ3n) is 3.84. The Balaban J connectivity index is 2.05. The molecular formula is C15H18ClNO3S. The first-order chi connectivity index (χ1) is 9.95. The SMILES string of the molecule is CC1(C(=O)O)CCCCN1C(=O)CSc1ccccc1Cl. The average Bonchev–Trinajstić information content (AvgIpc) is 2.46. The third kappa shape index (κ3) is 3.52. The molecule has 0 aliphatic carbocycles. The maximum atomic E-state index is 12.4. The van der Waals surface area contributed by atoms with Crippen molar-refractivity contribution in [2.24, 2.45) is 0 Å². The van der Waals surface area contributed by atoms with E-state index in [1.165, 1.54) is 16.7 Å². The van der Waals surface area contributed by atoms with Crippen LogP contribution in [0.3, 0.4) is 0 Å². The number of halogens is 1. The Morgan fingerprint density at radius 1 is 1.38 bits per heavy atom. The van der Waals surface area contributed by atoms with Gasteiger partial charge in [-0.2, -0.15) is 0 Å². The minimum atomic E-state index is -1.09. The van der Waals surface area contributed by atoms with Crippen molar-refractivity contribution in [1.82, 2.24) is 4.90 Å². The van der Waals surface area contributed by atoms with Gasteiger partial charge in [0.1, 0.15) is 5.54 Å². The van der Waals surface area contributed by atoms with E-state index >= 15 is 0 Å². The van der Waals surface area contributed by atoms with Crippen LogP contribution >= 0.6 is 23.4 Å². The van der Waals surface area contributed by atoms with E-state index < -0.39 is 11.5 Å². The summed E-state index contributed by atoms with van der Waals surface area (Å²) in [5.74, 6) is -0.880. The van der Waals surface area contributed by atoms with Gasteiger partial charge in [0.05, 0.1) is 10.8 Å². The largest absolute Gasteiger partial charge is 0.480 e. The zero-order valence-electron chi connectivity index (χ0n) is 11.8. The number of thioether (sulfide) groups is 1. The van der Waals surface area contributed by atoms with Crippen LogP contribution < -0.4 is 0 Å². The van der Waals surface area contributed by atoms with E-state index in [0.29, 0.717) is 18.0 Å². The molecule has 2 rings (SSSR count). The van der Waals surface area contributed by atoms with Gasteiger partial charge in [-0.25, -0.2) is 4.79 Å². The number of rotatable bonds is 4. The Morgan fingerprint density at radius 2 is 2.10 bits per heavy atom. The van der Waals surface area contributed by atoms with E-state index in [9.17, 15) is 14.7 Å². The lowest BCUT2D eigenvalue weighted by molar-refractivity contribution is -0.159. The summed E-state index contributed by atoms with van der Waals surface area (Å²) in [4.78, 5) is 26.2. The Bertz CT molecular complexity index is 551. The highest BCUT2D eigenvalue weighted by molar-refractivity contribution is 8.00. The van der Waals surface area contributed by atoms with Crippen molar-refractivity contribution in [3.05, 3.63) is 29.3 Å². The molecule has 114 valence electrons. The Kier molecular flexibility index (Phi) is 5.17. The zero-order valence-corrected chi connectivity index (χ0v) is 13.4. The summed E-state index contributed by atoms with van der Waals surface area (Å²) >= 11 is 7.41. The normalized spacial score (nSPS) is 22.1. The third-order valence-corrected chi connectivity index (χ3v) is 5.34. The van der Waals surface area contributed by atoms with Gasteiger partial charge in [-0.3, -0.25) is 4.79 Å². The summed E-state index contributed by atoms with van der Waals surface area (Å²) in [6.45, 7) is 2.14. The van der Waals surface area contributed by atoms with E-state index in [-0.39, 0.29) is 11.7 Å². The summed E-state index contributed by atoms with van der Waals surface area (Å²) in [7, 11) is 0. The molecule has 1 aromatic carbocycles. The van der Waals surface area contributed by atoms with Crippen molar-refractivity contribution in [2.75, 3.05) is 12.3 Å². The molecular weight excluding hydrogens is 310 g/mol. The van der Waals surface area contributed by atoms with Crippen LogP contribution in [0.5, 0.6) is 0 Å². The lowest BCUT2D eigenvalue weighted by atomic mass is 9.88. The zero-order chi connectivity index (χ0) is 15.5. The molecule has 1 amide bonds. The van der Waals surface area contributed by atoms with E-state index in [4.69, 9.17) is 11.6 Å². The summed E-state index contributed by atoms with van der Waals surface area (Å²) in [5, 5.41) is 10.0. The molecule has 6 heteroatoms. The lowest BCUT2D eigenvalue weighted by Crippen LogP contribution is -2.58. The van der Waals surface area contributed by atoms with Crippen LogP contribution in [0.15, 0.2) is 29.2 Å². The van der Waals surface area contributed by atoms with Gasteiger partial charge in [-0.15, -0.1) is 11.8 Å². The quantitative estimate of drug-likeness (QED) is 0.862. The molecule has 0 spiro atoms. The highest BCUT2D eigenvalue weighted by Crippen LogP contribution is 2.31. The number of nitrogens with zero attached hydrogens (tertiary/aromatic N) is 1. The van der Waals surface area contributed by atoms with Gasteiger partial charge in [0, 0.05) is 11.4 Å². The molecule has 1 aromatic rings. The fourth-order valence-corrected chi connectivity index (χ4v) is 3.64. The van der Waals surface area contributed by atoms with Gasteiger partial charge >= 0.3 is 5.97 Å². The topological polar surface area (TPSA) is 57.6 Å². The first-order valence-corrected chi connectivity index (χ1v) is 8.23. The second kappa shape index (κ2) is 6.71. The standard InChI is InChI=1S/C15H18ClNO3S/c1-15(14(19)20)8-4-5-9-17(15)13(18)10-21-12-7-3-2-6-11(12)16/h2-3,6-7H,4-5,8-10H2,1H3,(H,19,20). The number of carbonyl (C=O) groups excluding carboxylic acids is 1. The molecule has 1 heterocycles. The molecule has 0 bridgehead atoms. The minimum absolute atomic E-state index is 0.149. The van der Waals surface area contributed by atoms with Gasteiger partial charge in [0.2, 0.25) is 5.91 Å². The summed E-state index contributed by atoms with van der Waals surface area (Å²) in [5.41, 5.74) is -1.09. The number of aliphatic carboxylic acids is 1. The number of carbonyl (C=O) groups is 2. The number of amides is 1. The van der Waals surface area contributed by atoms with Crippen molar-refractivity contribution in [1.29, 1.82) is 0 Å². The van der Waals surface area contributed by atoms with E-state index in [1.807, 2.05) is 18.2 Å². The van der Waals surface area contributed by atoms with Crippen LogP contribution in [0.25, 0.3) is 0 Å². The number of carboxylic acids is 1. The van der Waals surface area contributed by atoms with Crippen molar-refractivity contribution in [2.45, 2.75) is 36.6 Å². The molecule has 4 nitrogen and oxygen atoms in total. The molecule has 1 aliphatic rings. The van der Waals surface area contributed by atoms with Crippen LogP contribution in [0.4, 0.5) is 0 Å². The number of piperidine rings is 1. The molecule has 21 heavy (non-hydrogen) atoms. The Morgan fingerprint density at radius 3 is 2.76 bits per heavy atom. The highest BCUT2D eigenvalue weighted by atomic mass is 35.5. The summed E-state index contributed by atoms with van der Waals surface area (Å²) in [6.07, 6.45) is 2.19. The Hall–Kier alpha value is -1.20. The molecule has 1 aliphatic heterocycles. The van der Waals surface area contributed by atoms with Crippen LogP contribution in [0.2, 0.25) is 5.02 Å². The second-order valence-electron chi connectivity index (χ2n) is 5.30. The predicted octanol–water partition coefficient (Wildman–Crippen LogP) is 3.29. The second-order valence-corrected chi connectivity index (χ2v) is 6.72. The van der Waals surface area contributed by atoms with E-state index in [1.54, 1.807) is 13.0 Å². The molecule has 0 aromatic heterocycles. The summed E-state index contributed by atoms with van der Waals surface area (Å²) in [6, 6.07) is 7.32. The van der Waals surface area contributed by atoms with E-state index in [2.05, 4.69) is 0 Å². The monoisotopic (exact) mass is 327 g/mol. The van der Waals surface area contributed by atoms with Crippen LogP contribution in [0.1, 0.15) is 26.2 Å². The van der Waals surface area contributed by atoms with Crippen LogP contribution in [-0.2, 0) is 9.59 Å². The maximum absolute atomic E-state index is 12.4. The molecule has 1 saturated heterocycles. The van der Waals surface area contributed by atoms with Crippen LogP contribution in [-0.4, -0.2) is 39.7 Å². The fraction of sp³-hybridized carbons (Fsp3) is 0.467. The number of benzene rings is 1. The highest BCUT2D eigenvalue weighted by Gasteiger charge is 2.43. The van der Waals surface area contributed by atoms with Crippen molar-refractivity contribution in [3.8, 4) is 0 Å².